The van der Waals surface area contributed by atoms with Gasteiger partial charge in [0.25, 0.3) is 0 Å². The van der Waals surface area contributed by atoms with Crippen molar-refractivity contribution in [3.05, 3.63) is 0 Å². The molecule has 42 heavy (non-hydrogen) atoms. The summed E-state index contributed by atoms with van der Waals surface area (Å²) >= 11 is 0. The maximum Gasteiger partial charge on any atom is -0.0212 e. The van der Waals surface area contributed by atoms with Crippen LogP contribution in [0.1, 0.15) is 149 Å². The summed E-state index contributed by atoms with van der Waals surface area (Å²) in [6, 6.07) is 0. The van der Waals surface area contributed by atoms with Crippen molar-refractivity contribution in [3.63, 3.8) is 0 Å². The Bertz CT molecular complexity index is 1000. The smallest absolute Gasteiger partial charge is 0.0212 e. The lowest BCUT2D eigenvalue weighted by Gasteiger charge is -2.76. The van der Waals surface area contributed by atoms with Crippen LogP contribution in [0.15, 0.2) is 0 Å². The molecular formula is C42H66. The van der Waals surface area contributed by atoms with E-state index in [-0.39, 0.29) is 0 Å². The van der Waals surface area contributed by atoms with Gasteiger partial charge in [0.15, 0.2) is 0 Å². The van der Waals surface area contributed by atoms with Crippen LogP contribution in [0.5, 0.6) is 0 Å². The van der Waals surface area contributed by atoms with Crippen LogP contribution in [0.2, 0.25) is 0 Å². The maximum atomic E-state index is 2.80. The van der Waals surface area contributed by atoms with Gasteiger partial charge < -0.3 is 0 Å². The average molecular weight is 571 g/mol. The Morgan fingerprint density at radius 2 is 1.36 bits per heavy atom. The highest BCUT2D eigenvalue weighted by molar-refractivity contribution is 5.20. The number of hydrogen-bond acceptors (Lipinski definition) is 0. The lowest BCUT2D eigenvalue weighted by Crippen LogP contribution is -2.68. The van der Waals surface area contributed by atoms with E-state index in [9.17, 15) is 0 Å². The molecule has 234 valence electrons. The molecule has 1 spiro atoms. The largest absolute Gasteiger partial charge is 0.0654 e. The predicted molar refractivity (Wildman–Crippen MR) is 174 cm³/mol. The zero-order valence-corrected chi connectivity index (χ0v) is 27.7. The highest BCUT2D eigenvalue weighted by Gasteiger charge is 2.71. The lowest BCUT2D eigenvalue weighted by molar-refractivity contribution is -0.271. The van der Waals surface area contributed by atoms with E-state index in [1.54, 1.807) is 122 Å². The van der Waals surface area contributed by atoms with E-state index < -0.39 is 0 Å². The van der Waals surface area contributed by atoms with Crippen molar-refractivity contribution in [1.29, 1.82) is 0 Å². The lowest BCUT2D eigenvalue weighted by atomic mass is 9.29. The van der Waals surface area contributed by atoms with Crippen LogP contribution in [0.25, 0.3) is 0 Å². The molecule has 0 bridgehead atoms. The van der Waals surface area contributed by atoms with E-state index in [1.165, 1.54) is 54.3 Å². The van der Waals surface area contributed by atoms with Gasteiger partial charge in [0.2, 0.25) is 0 Å². The highest BCUT2D eigenvalue weighted by Crippen LogP contribution is 2.79. The molecule has 10 saturated carbocycles. The van der Waals surface area contributed by atoms with Gasteiger partial charge in [0.1, 0.15) is 0 Å². The van der Waals surface area contributed by atoms with Crippen LogP contribution in [-0.4, -0.2) is 0 Å². The topological polar surface area (TPSA) is 0 Å². The summed E-state index contributed by atoms with van der Waals surface area (Å²) in [6.45, 7) is 5.31. The molecule has 10 fully saturated rings. The summed E-state index contributed by atoms with van der Waals surface area (Å²) in [5.74, 6) is 20.7. The van der Waals surface area contributed by atoms with Crippen LogP contribution >= 0.6 is 0 Å². The van der Waals surface area contributed by atoms with Crippen molar-refractivity contribution in [1.82, 2.24) is 0 Å². The van der Waals surface area contributed by atoms with Crippen molar-refractivity contribution in [2.24, 2.45) is 112 Å². The summed E-state index contributed by atoms with van der Waals surface area (Å²) in [6.07, 6.45) is 33.9. The Morgan fingerprint density at radius 3 is 1.86 bits per heavy atom. The molecule has 16 unspecified atom stereocenters. The van der Waals surface area contributed by atoms with Gasteiger partial charge >= 0.3 is 0 Å². The Morgan fingerprint density at radius 1 is 0.619 bits per heavy atom. The first kappa shape index (κ1) is 27.1. The Kier molecular flexibility index (Phi) is 6.46. The monoisotopic (exact) mass is 571 g/mol. The molecule has 10 aliphatic rings. The quantitative estimate of drug-likeness (QED) is 0.206. The molecule has 0 radical (unpaired) electrons. The molecule has 0 saturated heterocycles. The molecule has 0 heterocycles. The molecular weight excluding hydrogens is 504 g/mol. The van der Waals surface area contributed by atoms with Gasteiger partial charge in [-0.15, -0.1) is 0 Å². The Hall–Kier alpha value is 0. The molecule has 10 aliphatic carbocycles. The van der Waals surface area contributed by atoms with Crippen molar-refractivity contribution in [2.45, 2.75) is 149 Å². The third-order valence-corrected chi connectivity index (χ3v) is 19.2. The summed E-state index contributed by atoms with van der Waals surface area (Å²) in [5, 5.41) is 0. The van der Waals surface area contributed by atoms with E-state index >= 15 is 0 Å². The van der Waals surface area contributed by atoms with Crippen molar-refractivity contribution in [3.8, 4) is 0 Å². The van der Waals surface area contributed by atoms with Crippen molar-refractivity contribution >= 4 is 0 Å². The molecule has 0 aromatic heterocycles. The molecule has 0 aromatic carbocycles. The van der Waals surface area contributed by atoms with Gasteiger partial charge in [0.05, 0.1) is 0 Å². The third kappa shape index (κ3) is 3.55. The summed E-state index contributed by atoms with van der Waals surface area (Å²) < 4.78 is 0. The second-order valence-electron chi connectivity index (χ2n) is 19.6. The minimum Gasteiger partial charge on any atom is -0.0654 e. The van der Waals surface area contributed by atoms with Gasteiger partial charge in [-0.3, -0.25) is 0 Å². The number of rotatable bonds is 13. The minimum atomic E-state index is 0.928. The first-order chi connectivity index (χ1) is 20.7. The van der Waals surface area contributed by atoms with Gasteiger partial charge in [-0.1, -0.05) is 84.5 Å². The van der Waals surface area contributed by atoms with Crippen LogP contribution in [0.3, 0.4) is 0 Å². The van der Waals surface area contributed by atoms with Crippen LogP contribution in [-0.2, 0) is 0 Å². The van der Waals surface area contributed by atoms with Gasteiger partial charge in [-0.25, -0.2) is 0 Å². The van der Waals surface area contributed by atoms with Crippen LogP contribution in [0.4, 0.5) is 0 Å². The second kappa shape index (κ2) is 10.00. The third-order valence-electron chi connectivity index (χ3n) is 19.2. The van der Waals surface area contributed by atoms with E-state index in [4.69, 9.17) is 0 Å². The normalized spacial score (nSPS) is 51.9. The predicted octanol–water partition coefficient (Wildman–Crippen LogP) is 11.4. The number of fused-ring (bicyclic) bond motifs is 4. The van der Waals surface area contributed by atoms with Gasteiger partial charge in [-0.05, 0) is 176 Å². The molecule has 0 aliphatic heterocycles. The Labute approximate surface area is 260 Å². The first-order valence-corrected chi connectivity index (χ1v) is 20.7. The van der Waals surface area contributed by atoms with Crippen molar-refractivity contribution < 1.29 is 0 Å². The fraction of sp³-hybridized carbons (Fsp3) is 1.00. The van der Waals surface area contributed by atoms with Crippen LogP contribution in [0, 0.1) is 112 Å². The minimum absolute atomic E-state index is 0.928. The summed E-state index contributed by atoms with van der Waals surface area (Å²) in [7, 11) is 0. The van der Waals surface area contributed by atoms with E-state index in [2.05, 4.69) is 13.8 Å². The standard InChI is InChI=1S/C42H66/c1-3-7-24(2)37(36-23-35-33-16-17-34(33)41(35)36)39(26-10-5-11-26)40(27-12-6-13-27)38(25-8-4-9-25)32-15-14-28(32)20-30-22-31-21-29-18-19-42(29,30)31/h24-41H,3-23H2,1-2H3. The molecule has 0 nitrogen and oxygen atoms in total. The molecule has 0 heteroatoms. The number of hydrogen-bond donors (Lipinski definition) is 0. The molecule has 16 atom stereocenters. The highest BCUT2D eigenvalue weighted by atomic mass is 14.8. The zero-order chi connectivity index (χ0) is 27.7. The second-order valence-corrected chi connectivity index (χ2v) is 19.6. The van der Waals surface area contributed by atoms with Gasteiger partial charge in [0, 0.05) is 0 Å². The zero-order valence-electron chi connectivity index (χ0n) is 27.7. The van der Waals surface area contributed by atoms with E-state index in [0.717, 1.165) is 70.5 Å². The summed E-state index contributed by atoms with van der Waals surface area (Å²) in [5.41, 5.74) is 0.928. The van der Waals surface area contributed by atoms with Crippen molar-refractivity contribution in [2.75, 3.05) is 0 Å². The fourth-order valence-corrected chi connectivity index (χ4v) is 16.2. The Balaban J connectivity index is 0.971. The average Bonchev–Trinajstić information content (AvgIpc) is 2.82. The molecule has 0 N–H and O–H groups in total. The molecule has 10 rings (SSSR count). The summed E-state index contributed by atoms with van der Waals surface area (Å²) in [4.78, 5) is 0. The van der Waals surface area contributed by atoms with Gasteiger partial charge in [-0.2, -0.15) is 0 Å². The molecule has 0 aromatic rings. The maximum absolute atomic E-state index is 2.80. The van der Waals surface area contributed by atoms with E-state index in [0.29, 0.717) is 0 Å². The molecule has 0 amide bonds. The van der Waals surface area contributed by atoms with Crippen LogP contribution < -0.4 is 0 Å². The van der Waals surface area contributed by atoms with E-state index in [1.807, 2.05) is 0 Å². The fourth-order valence-electron chi connectivity index (χ4n) is 16.2. The SMILES string of the molecule is CCCC(C)C(C1CC2C3CCC3C21)C(C1CCC1)C(C1CCC1)C(C1CCC1)C1CCC1CC1CC2CC3CCC312. The first-order valence-electron chi connectivity index (χ1n) is 20.7.